The Balaban J connectivity index is 1.86. The van der Waals surface area contributed by atoms with Crippen molar-refractivity contribution in [2.75, 3.05) is 7.11 Å². The zero-order valence-corrected chi connectivity index (χ0v) is 13.7. The molecule has 3 N–H and O–H groups in total. The minimum atomic E-state index is -0.925. The Kier molecular flexibility index (Phi) is 5.45. The number of hydrogen-bond donors (Lipinski definition) is 3. The van der Waals surface area contributed by atoms with Crippen molar-refractivity contribution in [2.45, 2.75) is 76.1 Å². The van der Waals surface area contributed by atoms with E-state index < -0.39 is 23.7 Å². The largest absolute Gasteiger partial charge is 0.468 e. The van der Waals surface area contributed by atoms with Crippen LogP contribution < -0.4 is 10.6 Å². The first-order valence-electron chi connectivity index (χ1n) is 8.21. The van der Waals surface area contributed by atoms with Crippen molar-refractivity contribution in [1.29, 1.82) is 0 Å². The van der Waals surface area contributed by atoms with E-state index in [1.165, 1.54) is 7.11 Å². The molecule has 2 aliphatic rings. The van der Waals surface area contributed by atoms with E-state index in [9.17, 15) is 14.7 Å². The average Bonchev–Trinajstić information content (AvgIpc) is 2.46. The highest BCUT2D eigenvalue weighted by atomic mass is 16.5. The van der Waals surface area contributed by atoms with Gasteiger partial charge in [-0.05, 0) is 38.5 Å². The van der Waals surface area contributed by atoms with Crippen LogP contribution in [0.4, 0.5) is 0 Å². The Bertz CT molecular complexity index is 412. The summed E-state index contributed by atoms with van der Waals surface area (Å²) in [5, 5.41) is 15.6. The van der Waals surface area contributed by atoms with Crippen LogP contribution >= 0.6 is 0 Å². The van der Waals surface area contributed by atoms with Gasteiger partial charge in [0.05, 0.1) is 19.3 Å². The molecule has 126 valence electrons. The number of esters is 1. The van der Waals surface area contributed by atoms with E-state index in [2.05, 4.69) is 17.6 Å². The van der Waals surface area contributed by atoms with Gasteiger partial charge in [0.1, 0.15) is 5.54 Å². The maximum Gasteiger partial charge on any atom is 0.326 e. The molecular formula is C16H28N2O4. The average molecular weight is 312 g/mol. The van der Waals surface area contributed by atoms with Crippen LogP contribution in [0.3, 0.4) is 0 Å². The first-order chi connectivity index (χ1) is 10.4. The molecule has 1 atom stereocenters. The van der Waals surface area contributed by atoms with Crippen LogP contribution in [0.15, 0.2) is 0 Å². The first kappa shape index (κ1) is 17.2. The van der Waals surface area contributed by atoms with Gasteiger partial charge in [0.2, 0.25) is 5.91 Å². The van der Waals surface area contributed by atoms with Crippen molar-refractivity contribution in [3.63, 3.8) is 0 Å². The van der Waals surface area contributed by atoms with Crippen molar-refractivity contribution in [2.24, 2.45) is 5.92 Å². The van der Waals surface area contributed by atoms with Gasteiger partial charge in [-0.25, -0.2) is 0 Å². The molecule has 0 bridgehead atoms. The fraction of sp³-hybridized carbons (Fsp3) is 0.875. The monoisotopic (exact) mass is 312 g/mol. The second kappa shape index (κ2) is 6.96. The fourth-order valence-electron chi connectivity index (χ4n) is 3.49. The number of nitrogens with one attached hydrogen (secondary N) is 2. The molecule has 2 fully saturated rings. The molecule has 0 heterocycles. The summed E-state index contributed by atoms with van der Waals surface area (Å²) >= 11 is 0. The van der Waals surface area contributed by atoms with E-state index in [-0.39, 0.29) is 24.8 Å². The number of methoxy groups -OCH3 is 1. The molecule has 0 aromatic carbocycles. The van der Waals surface area contributed by atoms with Crippen LogP contribution in [0.2, 0.25) is 0 Å². The lowest BCUT2D eigenvalue weighted by molar-refractivity contribution is -0.159. The predicted octanol–water partition coefficient (Wildman–Crippen LogP) is 0.726. The minimum absolute atomic E-state index is 0.0933. The molecule has 6 heteroatoms. The van der Waals surface area contributed by atoms with Crippen molar-refractivity contribution in [3.8, 4) is 0 Å². The lowest BCUT2D eigenvalue weighted by atomic mass is 9.73. The van der Waals surface area contributed by atoms with Gasteiger partial charge >= 0.3 is 5.97 Å². The molecule has 2 aliphatic carbocycles. The fourth-order valence-corrected chi connectivity index (χ4v) is 3.49. The quantitative estimate of drug-likeness (QED) is 0.651. The number of carbonyl (C=O) groups is 2. The molecule has 0 spiro atoms. The highest BCUT2D eigenvalue weighted by Gasteiger charge is 2.51. The summed E-state index contributed by atoms with van der Waals surface area (Å²) in [5.74, 6) is 0.232. The molecule has 0 aliphatic heterocycles. The molecule has 0 saturated heterocycles. The third-order valence-electron chi connectivity index (χ3n) is 4.99. The number of rotatable bonds is 5. The minimum Gasteiger partial charge on any atom is -0.468 e. The van der Waals surface area contributed by atoms with Crippen LogP contribution in [0.1, 0.15) is 52.4 Å². The third-order valence-corrected chi connectivity index (χ3v) is 4.99. The van der Waals surface area contributed by atoms with Crippen LogP contribution in [0, 0.1) is 5.92 Å². The summed E-state index contributed by atoms with van der Waals surface area (Å²) in [6.07, 6.45) is 4.38. The zero-order chi connectivity index (χ0) is 16.3. The first-order valence-corrected chi connectivity index (χ1v) is 8.21. The number of aliphatic hydroxyl groups is 1. The van der Waals surface area contributed by atoms with Crippen molar-refractivity contribution in [3.05, 3.63) is 0 Å². The summed E-state index contributed by atoms with van der Waals surface area (Å²) < 4.78 is 4.80. The number of ether oxygens (including phenoxy) is 1. The summed E-state index contributed by atoms with van der Waals surface area (Å²) in [6.45, 7) is 3.99. The Morgan fingerprint density at radius 1 is 1.23 bits per heavy atom. The van der Waals surface area contributed by atoms with Gasteiger partial charge in [-0.2, -0.15) is 0 Å². The molecule has 2 rings (SSSR count). The lowest BCUT2D eigenvalue weighted by Crippen LogP contribution is -2.67. The van der Waals surface area contributed by atoms with Crippen molar-refractivity contribution in [1.82, 2.24) is 10.6 Å². The van der Waals surface area contributed by atoms with Gasteiger partial charge < -0.3 is 15.2 Å². The molecule has 6 nitrogen and oxygen atoms in total. The van der Waals surface area contributed by atoms with Crippen molar-refractivity contribution >= 4 is 11.9 Å². The van der Waals surface area contributed by atoms with E-state index in [1.807, 2.05) is 0 Å². The summed E-state index contributed by atoms with van der Waals surface area (Å²) in [4.78, 5) is 24.2. The second-order valence-corrected chi connectivity index (χ2v) is 6.97. The van der Waals surface area contributed by atoms with Crippen LogP contribution in [0.25, 0.3) is 0 Å². The number of hydrogen-bond acceptors (Lipinski definition) is 5. The van der Waals surface area contributed by atoms with Gasteiger partial charge in [0.25, 0.3) is 0 Å². The number of carbonyl (C=O) groups excluding carboxylic acids is 2. The normalized spacial score (nSPS) is 36.1. The van der Waals surface area contributed by atoms with Crippen LogP contribution in [-0.4, -0.2) is 47.8 Å². The molecule has 2 saturated carbocycles. The standard InChI is InChI=1S/C16H28N2O4/c1-10-4-6-12(7-5-10)17-14(20)11(2)18-16(15(21)22-3)8-13(19)9-16/h10-13,18-19H,4-9H2,1-3H3,(H,17,20). The maximum atomic E-state index is 12.3. The maximum absolute atomic E-state index is 12.3. The number of amides is 1. The van der Waals surface area contributed by atoms with Gasteiger partial charge in [0, 0.05) is 18.9 Å². The molecular weight excluding hydrogens is 284 g/mol. The Morgan fingerprint density at radius 3 is 2.32 bits per heavy atom. The van der Waals surface area contributed by atoms with E-state index in [0.717, 1.165) is 31.6 Å². The topological polar surface area (TPSA) is 87.7 Å². The van der Waals surface area contributed by atoms with Crippen LogP contribution in [-0.2, 0) is 14.3 Å². The highest BCUT2D eigenvalue weighted by molar-refractivity contribution is 5.86. The molecule has 1 amide bonds. The van der Waals surface area contributed by atoms with E-state index in [0.29, 0.717) is 0 Å². The molecule has 0 aromatic heterocycles. The SMILES string of the molecule is COC(=O)C1(NC(C)C(=O)NC2CCC(C)CC2)CC(O)C1. The van der Waals surface area contributed by atoms with Crippen LogP contribution in [0.5, 0.6) is 0 Å². The van der Waals surface area contributed by atoms with Gasteiger partial charge in [0.15, 0.2) is 0 Å². The molecule has 1 unspecified atom stereocenters. The zero-order valence-electron chi connectivity index (χ0n) is 13.7. The van der Waals surface area contributed by atoms with Gasteiger partial charge in [-0.15, -0.1) is 0 Å². The second-order valence-electron chi connectivity index (χ2n) is 6.97. The Hall–Kier alpha value is -1.14. The summed E-state index contributed by atoms with van der Waals surface area (Å²) in [7, 11) is 1.32. The highest BCUT2D eigenvalue weighted by Crippen LogP contribution is 2.34. The van der Waals surface area contributed by atoms with Gasteiger partial charge in [-0.1, -0.05) is 6.92 Å². The van der Waals surface area contributed by atoms with E-state index in [4.69, 9.17) is 4.74 Å². The number of aliphatic hydroxyl groups excluding tert-OH is 1. The third kappa shape index (κ3) is 3.79. The molecule has 0 radical (unpaired) electrons. The molecule has 22 heavy (non-hydrogen) atoms. The van der Waals surface area contributed by atoms with Crippen molar-refractivity contribution < 1.29 is 19.4 Å². The summed E-state index contributed by atoms with van der Waals surface area (Å²) in [5.41, 5.74) is -0.925. The Labute approximate surface area is 132 Å². The predicted molar refractivity (Wildman–Crippen MR) is 82.1 cm³/mol. The van der Waals surface area contributed by atoms with E-state index in [1.54, 1.807) is 6.92 Å². The van der Waals surface area contributed by atoms with E-state index >= 15 is 0 Å². The lowest BCUT2D eigenvalue weighted by Gasteiger charge is -2.44. The Morgan fingerprint density at radius 2 is 1.82 bits per heavy atom. The summed E-state index contributed by atoms with van der Waals surface area (Å²) in [6, 6.07) is -0.264. The smallest absolute Gasteiger partial charge is 0.326 e. The van der Waals surface area contributed by atoms with Gasteiger partial charge in [-0.3, -0.25) is 14.9 Å². The molecule has 0 aromatic rings.